The summed E-state index contributed by atoms with van der Waals surface area (Å²) in [6.45, 7) is 2.76. The minimum Gasteiger partial charge on any atom is -0.497 e. The standard InChI is InChI=1S/C23H26N4O3/c1-3-16-7-11-18(12-8-16)24-23(28)27-15-5-4-6-20(27)22-25-21(26-30-22)17-9-13-19(29-2)14-10-17/h7-14,20H,3-6,15H2,1-2H3,(H,24,28). The van der Waals surface area contributed by atoms with Gasteiger partial charge in [0.15, 0.2) is 0 Å². The first-order chi connectivity index (χ1) is 14.7. The van der Waals surface area contributed by atoms with E-state index in [0.29, 0.717) is 18.3 Å². The number of methoxy groups -OCH3 is 1. The van der Waals surface area contributed by atoms with Crippen molar-refractivity contribution < 1.29 is 14.1 Å². The van der Waals surface area contributed by atoms with E-state index in [1.807, 2.05) is 48.5 Å². The number of amides is 2. The van der Waals surface area contributed by atoms with Gasteiger partial charge in [0.1, 0.15) is 11.8 Å². The summed E-state index contributed by atoms with van der Waals surface area (Å²) in [5.41, 5.74) is 2.86. The number of aromatic nitrogens is 2. The van der Waals surface area contributed by atoms with Gasteiger partial charge in [0.25, 0.3) is 0 Å². The molecule has 2 amide bonds. The molecular weight excluding hydrogens is 380 g/mol. The molecule has 1 aliphatic heterocycles. The van der Waals surface area contributed by atoms with E-state index in [2.05, 4.69) is 22.4 Å². The van der Waals surface area contributed by atoms with E-state index in [1.54, 1.807) is 12.0 Å². The smallest absolute Gasteiger partial charge is 0.322 e. The summed E-state index contributed by atoms with van der Waals surface area (Å²) in [7, 11) is 1.63. The molecule has 0 aliphatic carbocycles. The molecule has 0 bridgehead atoms. The Kier molecular flexibility index (Phi) is 5.97. The second-order valence-corrected chi connectivity index (χ2v) is 7.37. The van der Waals surface area contributed by atoms with Crippen molar-refractivity contribution in [3.8, 4) is 17.1 Å². The summed E-state index contributed by atoms with van der Waals surface area (Å²) in [6, 6.07) is 15.0. The number of rotatable bonds is 5. The summed E-state index contributed by atoms with van der Waals surface area (Å²) in [4.78, 5) is 19.3. The van der Waals surface area contributed by atoms with E-state index in [-0.39, 0.29) is 12.1 Å². The van der Waals surface area contributed by atoms with Gasteiger partial charge in [-0.2, -0.15) is 4.98 Å². The van der Waals surface area contributed by atoms with Crippen molar-refractivity contribution in [1.29, 1.82) is 0 Å². The number of likely N-dealkylation sites (tertiary alicyclic amines) is 1. The topological polar surface area (TPSA) is 80.5 Å². The number of piperidine rings is 1. The van der Waals surface area contributed by atoms with Crippen LogP contribution in [-0.2, 0) is 6.42 Å². The molecule has 30 heavy (non-hydrogen) atoms. The molecule has 1 atom stereocenters. The van der Waals surface area contributed by atoms with E-state index < -0.39 is 0 Å². The normalized spacial score (nSPS) is 16.3. The molecule has 0 radical (unpaired) electrons. The third-order valence-corrected chi connectivity index (χ3v) is 5.45. The SMILES string of the molecule is CCc1ccc(NC(=O)N2CCCCC2c2nc(-c3ccc(OC)cc3)no2)cc1. The van der Waals surface area contributed by atoms with Crippen LogP contribution >= 0.6 is 0 Å². The van der Waals surface area contributed by atoms with Crippen molar-refractivity contribution in [1.82, 2.24) is 15.0 Å². The molecule has 1 unspecified atom stereocenters. The molecule has 0 saturated carbocycles. The number of hydrogen-bond acceptors (Lipinski definition) is 5. The Hall–Kier alpha value is -3.35. The zero-order chi connectivity index (χ0) is 20.9. The van der Waals surface area contributed by atoms with Crippen LogP contribution < -0.4 is 10.1 Å². The molecule has 1 saturated heterocycles. The van der Waals surface area contributed by atoms with Crippen LogP contribution in [0, 0.1) is 0 Å². The van der Waals surface area contributed by atoms with E-state index in [1.165, 1.54) is 5.56 Å². The summed E-state index contributed by atoms with van der Waals surface area (Å²) >= 11 is 0. The first-order valence-corrected chi connectivity index (χ1v) is 10.3. The predicted octanol–water partition coefficient (Wildman–Crippen LogP) is 5.07. The highest BCUT2D eigenvalue weighted by Gasteiger charge is 2.32. The molecule has 1 aliphatic rings. The Balaban J connectivity index is 1.50. The molecule has 2 aromatic carbocycles. The Bertz CT molecular complexity index is 982. The number of anilines is 1. The molecule has 2 heterocycles. The monoisotopic (exact) mass is 406 g/mol. The number of carbonyl (C=O) groups is 1. The fourth-order valence-electron chi connectivity index (χ4n) is 3.68. The minimum absolute atomic E-state index is 0.145. The average Bonchev–Trinajstić information content (AvgIpc) is 3.30. The van der Waals surface area contributed by atoms with Gasteiger partial charge < -0.3 is 19.5 Å². The molecule has 7 nitrogen and oxygen atoms in total. The number of benzene rings is 2. The number of nitrogens with zero attached hydrogens (tertiary/aromatic N) is 3. The lowest BCUT2D eigenvalue weighted by Gasteiger charge is -2.33. The number of aryl methyl sites for hydroxylation is 1. The molecule has 156 valence electrons. The van der Waals surface area contributed by atoms with Crippen molar-refractivity contribution in [2.75, 3.05) is 19.0 Å². The number of hydrogen-bond donors (Lipinski definition) is 1. The van der Waals surface area contributed by atoms with E-state index in [9.17, 15) is 4.79 Å². The molecule has 3 aromatic rings. The Morgan fingerprint density at radius 3 is 2.63 bits per heavy atom. The first-order valence-electron chi connectivity index (χ1n) is 10.3. The largest absolute Gasteiger partial charge is 0.497 e. The Labute approximate surface area is 176 Å². The number of urea groups is 1. The predicted molar refractivity (Wildman–Crippen MR) is 114 cm³/mol. The van der Waals surface area contributed by atoms with Crippen LogP contribution in [0.15, 0.2) is 53.1 Å². The molecule has 1 aromatic heterocycles. The van der Waals surface area contributed by atoms with Crippen molar-refractivity contribution in [2.45, 2.75) is 38.6 Å². The third-order valence-electron chi connectivity index (χ3n) is 5.45. The van der Waals surface area contributed by atoms with Crippen LogP contribution in [0.3, 0.4) is 0 Å². The van der Waals surface area contributed by atoms with Crippen molar-refractivity contribution in [2.24, 2.45) is 0 Å². The summed E-state index contributed by atoms with van der Waals surface area (Å²) < 4.78 is 10.8. The molecule has 0 spiro atoms. The highest BCUT2D eigenvalue weighted by atomic mass is 16.5. The zero-order valence-electron chi connectivity index (χ0n) is 17.3. The zero-order valence-corrected chi connectivity index (χ0v) is 17.3. The van der Waals surface area contributed by atoms with Crippen LogP contribution in [-0.4, -0.2) is 34.7 Å². The Morgan fingerprint density at radius 1 is 1.17 bits per heavy atom. The number of carbonyl (C=O) groups excluding carboxylic acids is 1. The summed E-state index contributed by atoms with van der Waals surface area (Å²) in [6.07, 6.45) is 3.74. The fraction of sp³-hybridized carbons (Fsp3) is 0.348. The number of nitrogens with one attached hydrogen (secondary N) is 1. The van der Waals surface area contributed by atoms with Crippen LogP contribution in [0.5, 0.6) is 5.75 Å². The van der Waals surface area contributed by atoms with Gasteiger partial charge in [-0.25, -0.2) is 4.79 Å². The summed E-state index contributed by atoms with van der Waals surface area (Å²) in [5.74, 6) is 1.75. The van der Waals surface area contributed by atoms with Crippen LogP contribution in [0.1, 0.15) is 43.7 Å². The van der Waals surface area contributed by atoms with E-state index in [0.717, 1.165) is 42.7 Å². The second kappa shape index (κ2) is 8.98. The molecular formula is C23H26N4O3. The maximum absolute atomic E-state index is 13.0. The maximum atomic E-state index is 13.0. The quantitative estimate of drug-likeness (QED) is 0.640. The van der Waals surface area contributed by atoms with Gasteiger partial charge in [-0.3, -0.25) is 0 Å². The number of ether oxygens (including phenoxy) is 1. The van der Waals surface area contributed by atoms with Crippen molar-refractivity contribution >= 4 is 11.7 Å². The second-order valence-electron chi connectivity index (χ2n) is 7.37. The molecule has 7 heteroatoms. The average molecular weight is 406 g/mol. The van der Waals surface area contributed by atoms with Crippen molar-refractivity contribution in [3.63, 3.8) is 0 Å². The lowest BCUT2D eigenvalue weighted by atomic mass is 10.0. The van der Waals surface area contributed by atoms with Crippen LogP contribution in [0.2, 0.25) is 0 Å². The molecule has 1 N–H and O–H groups in total. The van der Waals surface area contributed by atoms with Crippen LogP contribution in [0.25, 0.3) is 11.4 Å². The van der Waals surface area contributed by atoms with Gasteiger partial charge in [-0.05, 0) is 67.6 Å². The van der Waals surface area contributed by atoms with Gasteiger partial charge in [-0.15, -0.1) is 0 Å². The van der Waals surface area contributed by atoms with Gasteiger partial charge >= 0.3 is 6.03 Å². The van der Waals surface area contributed by atoms with E-state index >= 15 is 0 Å². The fourth-order valence-corrected chi connectivity index (χ4v) is 3.68. The van der Waals surface area contributed by atoms with Gasteiger partial charge in [-0.1, -0.05) is 24.2 Å². The summed E-state index contributed by atoms with van der Waals surface area (Å²) in [5, 5.41) is 7.13. The minimum atomic E-state index is -0.229. The lowest BCUT2D eigenvalue weighted by Crippen LogP contribution is -2.41. The van der Waals surface area contributed by atoms with Crippen molar-refractivity contribution in [3.05, 3.63) is 60.0 Å². The van der Waals surface area contributed by atoms with Crippen LogP contribution in [0.4, 0.5) is 10.5 Å². The maximum Gasteiger partial charge on any atom is 0.322 e. The molecule has 4 rings (SSSR count). The highest BCUT2D eigenvalue weighted by molar-refractivity contribution is 5.89. The van der Waals surface area contributed by atoms with Gasteiger partial charge in [0.05, 0.1) is 7.11 Å². The first kappa shape index (κ1) is 19.9. The lowest BCUT2D eigenvalue weighted by molar-refractivity contribution is 0.142. The molecule has 1 fully saturated rings. The van der Waals surface area contributed by atoms with Gasteiger partial charge in [0, 0.05) is 17.8 Å². The van der Waals surface area contributed by atoms with Gasteiger partial charge in [0.2, 0.25) is 11.7 Å². The highest BCUT2D eigenvalue weighted by Crippen LogP contribution is 2.32. The third kappa shape index (κ3) is 4.30. The van der Waals surface area contributed by atoms with E-state index in [4.69, 9.17) is 9.26 Å². The Morgan fingerprint density at radius 2 is 1.93 bits per heavy atom.